The lowest BCUT2D eigenvalue weighted by atomic mass is 10.1. The molecule has 1 aliphatic heterocycles. The van der Waals surface area contributed by atoms with E-state index in [-0.39, 0.29) is 0 Å². The van der Waals surface area contributed by atoms with E-state index in [2.05, 4.69) is 11.0 Å². The number of nitriles is 1. The Morgan fingerprint density at radius 2 is 1.70 bits per heavy atom. The van der Waals surface area contributed by atoms with Crippen molar-refractivity contribution in [2.75, 3.05) is 18.0 Å². The average Bonchev–Trinajstić information content (AvgIpc) is 2.46. The molecule has 0 bridgehead atoms. The van der Waals surface area contributed by atoms with Crippen molar-refractivity contribution < 1.29 is 0 Å². The topological polar surface area (TPSA) is 39.9 Å². The summed E-state index contributed by atoms with van der Waals surface area (Å²) in [6.07, 6.45) is 6.39. The van der Waals surface area contributed by atoms with E-state index in [1.54, 1.807) is 0 Å². The molecule has 0 unspecified atom stereocenters. The second-order valence-corrected chi connectivity index (χ2v) is 5.41. The van der Waals surface area contributed by atoms with E-state index in [1.807, 2.05) is 30.3 Å². The van der Waals surface area contributed by atoms with Crippen LogP contribution in [0.3, 0.4) is 0 Å². The second kappa shape index (κ2) is 5.92. The van der Waals surface area contributed by atoms with Crippen molar-refractivity contribution in [1.29, 1.82) is 5.26 Å². The Hall–Kier alpha value is -2.08. The van der Waals surface area contributed by atoms with Gasteiger partial charge < -0.3 is 4.90 Å². The van der Waals surface area contributed by atoms with Gasteiger partial charge in [0.2, 0.25) is 0 Å². The minimum absolute atomic E-state index is 0.729. The van der Waals surface area contributed by atoms with Gasteiger partial charge in [-0.2, -0.15) is 5.26 Å². The highest BCUT2D eigenvalue weighted by atomic mass is 15.2. The molecule has 3 rings (SSSR count). The number of nitrogens with zero attached hydrogens (tertiary/aromatic N) is 3. The maximum atomic E-state index is 9.36. The fraction of sp³-hybridized carbons (Fsp3) is 0.412. The molecule has 0 amide bonds. The fourth-order valence-electron chi connectivity index (χ4n) is 2.89. The SMILES string of the molecule is N#Cc1cc(N2CCCCCCC2)nc2ccccc12. The van der Waals surface area contributed by atoms with Crippen LogP contribution in [-0.4, -0.2) is 18.1 Å². The molecule has 3 heteroatoms. The third kappa shape index (κ3) is 2.60. The molecule has 1 saturated heterocycles. The highest BCUT2D eigenvalue weighted by Gasteiger charge is 2.13. The first-order valence-corrected chi connectivity index (χ1v) is 7.43. The Labute approximate surface area is 119 Å². The molecule has 2 heterocycles. The lowest BCUT2D eigenvalue weighted by Crippen LogP contribution is -2.27. The summed E-state index contributed by atoms with van der Waals surface area (Å²) in [5, 5.41) is 10.3. The molecule has 0 saturated carbocycles. The summed E-state index contributed by atoms with van der Waals surface area (Å²) in [6, 6.07) is 12.2. The van der Waals surface area contributed by atoms with E-state index in [9.17, 15) is 5.26 Å². The predicted molar refractivity (Wildman–Crippen MR) is 81.8 cm³/mol. The number of hydrogen-bond donors (Lipinski definition) is 0. The molecule has 20 heavy (non-hydrogen) atoms. The Balaban J connectivity index is 2.00. The van der Waals surface area contributed by atoms with E-state index in [4.69, 9.17) is 4.98 Å². The summed E-state index contributed by atoms with van der Waals surface area (Å²) in [6.45, 7) is 2.10. The molecule has 3 nitrogen and oxygen atoms in total. The van der Waals surface area contributed by atoms with E-state index in [1.165, 1.54) is 32.1 Å². The first-order valence-electron chi connectivity index (χ1n) is 7.43. The first kappa shape index (κ1) is 12.9. The summed E-state index contributed by atoms with van der Waals surface area (Å²) in [7, 11) is 0. The molecule has 0 N–H and O–H groups in total. The van der Waals surface area contributed by atoms with Crippen LogP contribution in [0.2, 0.25) is 0 Å². The normalized spacial score (nSPS) is 16.4. The third-order valence-corrected chi connectivity index (χ3v) is 4.00. The van der Waals surface area contributed by atoms with E-state index >= 15 is 0 Å². The van der Waals surface area contributed by atoms with Gasteiger partial charge in [-0.15, -0.1) is 0 Å². The van der Waals surface area contributed by atoms with Crippen LogP contribution in [0.1, 0.15) is 37.7 Å². The van der Waals surface area contributed by atoms with Crippen LogP contribution >= 0.6 is 0 Å². The van der Waals surface area contributed by atoms with Crippen molar-refractivity contribution in [1.82, 2.24) is 4.98 Å². The maximum absolute atomic E-state index is 9.36. The maximum Gasteiger partial charge on any atom is 0.130 e. The van der Waals surface area contributed by atoms with Gasteiger partial charge >= 0.3 is 0 Å². The Morgan fingerprint density at radius 1 is 1.00 bits per heavy atom. The molecule has 0 aliphatic carbocycles. The standard InChI is InChI=1S/C17H19N3/c18-13-14-12-17(19-16-9-5-4-8-15(14)16)20-10-6-2-1-3-7-11-20/h4-5,8-9,12H,1-3,6-7,10-11H2. The monoisotopic (exact) mass is 265 g/mol. The minimum Gasteiger partial charge on any atom is -0.357 e. The van der Waals surface area contributed by atoms with Crippen molar-refractivity contribution in [2.45, 2.75) is 32.1 Å². The summed E-state index contributed by atoms with van der Waals surface area (Å²) in [4.78, 5) is 7.09. The van der Waals surface area contributed by atoms with Gasteiger partial charge in [-0.1, -0.05) is 37.5 Å². The second-order valence-electron chi connectivity index (χ2n) is 5.41. The van der Waals surface area contributed by atoms with Crippen LogP contribution in [-0.2, 0) is 0 Å². The molecule has 2 aromatic rings. The van der Waals surface area contributed by atoms with E-state index < -0.39 is 0 Å². The Bertz CT molecular complexity index is 634. The quantitative estimate of drug-likeness (QED) is 0.785. The van der Waals surface area contributed by atoms with Gasteiger partial charge in [-0.05, 0) is 25.0 Å². The number of benzene rings is 1. The van der Waals surface area contributed by atoms with Crippen molar-refractivity contribution in [3.63, 3.8) is 0 Å². The molecular weight excluding hydrogens is 246 g/mol. The van der Waals surface area contributed by atoms with Gasteiger partial charge in [0, 0.05) is 18.5 Å². The summed E-state index contributed by atoms with van der Waals surface area (Å²) < 4.78 is 0. The molecule has 0 radical (unpaired) electrons. The van der Waals surface area contributed by atoms with E-state index in [0.29, 0.717) is 0 Å². The van der Waals surface area contributed by atoms with E-state index in [0.717, 1.165) is 35.4 Å². The Morgan fingerprint density at radius 3 is 2.45 bits per heavy atom. The van der Waals surface area contributed by atoms with Crippen LogP contribution in [0.4, 0.5) is 5.82 Å². The third-order valence-electron chi connectivity index (χ3n) is 4.00. The molecule has 1 aliphatic rings. The average molecular weight is 265 g/mol. The van der Waals surface area contributed by atoms with Crippen molar-refractivity contribution in [2.24, 2.45) is 0 Å². The number of aromatic nitrogens is 1. The number of rotatable bonds is 1. The molecule has 1 aromatic carbocycles. The predicted octanol–water partition coefficient (Wildman–Crippen LogP) is 3.88. The van der Waals surface area contributed by atoms with Gasteiger partial charge in [0.05, 0.1) is 17.1 Å². The zero-order valence-corrected chi connectivity index (χ0v) is 11.7. The minimum atomic E-state index is 0.729. The zero-order valence-electron chi connectivity index (χ0n) is 11.7. The molecule has 102 valence electrons. The van der Waals surface area contributed by atoms with Crippen molar-refractivity contribution in [3.8, 4) is 6.07 Å². The molecule has 0 atom stereocenters. The van der Waals surface area contributed by atoms with Crippen LogP contribution in [0.25, 0.3) is 10.9 Å². The van der Waals surface area contributed by atoms with Crippen LogP contribution in [0.15, 0.2) is 30.3 Å². The lowest BCUT2D eigenvalue weighted by molar-refractivity contribution is 0.554. The van der Waals surface area contributed by atoms with Crippen LogP contribution in [0.5, 0.6) is 0 Å². The number of para-hydroxylation sites is 1. The van der Waals surface area contributed by atoms with Gasteiger partial charge in [0.1, 0.15) is 5.82 Å². The van der Waals surface area contributed by atoms with Crippen molar-refractivity contribution >= 4 is 16.7 Å². The summed E-state index contributed by atoms with van der Waals surface area (Å²) in [5.41, 5.74) is 1.65. The van der Waals surface area contributed by atoms with Crippen molar-refractivity contribution in [3.05, 3.63) is 35.9 Å². The van der Waals surface area contributed by atoms with Gasteiger partial charge in [0.15, 0.2) is 0 Å². The molecular formula is C17H19N3. The molecule has 1 aromatic heterocycles. The summed E-state index contributed by atoms with van der Waals surface area (Å²) >= 11 is 0. The first-order chi connectivity index (χ1) is 9.88. The van der Waals surface area contributed by atoms with Crippen LogP contribution < -0.4 is 4.90 Å². The largest absolute Gasteiger partial charge is 0.357 e. The van der Waals surface area contributed by atoms with Gasteiger partial charge in [-0.3, -0.25) is 0 Å². The van der Waals surface area contributed by atoms with Gasteiger partial charge in [0.25, 0.3) is 0 Å². The van der Waals surface area contributed by atoms with Crippen LogP contribution in [0, 0.1) is 11.3 Å². The highest BCUT2D eigenvalue weighted by molar-refractivity contribution is 5.86. The highest BCUT2D eigenvalue weighted by Crippen LogP contribution is 2.24. The number of hydrogen-bond acceptors (Lipinski definition) is 3. The lowest BCUT2D eigenvalue weighted by Gasteiger charge is -2.26. The number of anilines is 1. The number of pyridine rings is 1. The van der Waals surface area contributed by atoms with Gasteiger partial charge in [-0.25, -0.2) is 4.98 Å². The zero-order chi connectivity index (χ0) is 13.8. The smallest absolute Gasteiger partial charge is 0.130 e. The fourth-order valence-corrected chi connectivity index (χ4v) is 2.89. The molecule has 1 fully saturated rings. The Kier molecular flexibility index (Phi) is 3.83. The summed E-state index contributed by atoms with van der Waals surface area (Å²) in [5.74, 6) is 0.960. The number of fused-ring (bicyclic) bond motifs is 1. The molecule has 0 spiro atoms.